The molecule has 0 aromatic heterocycles. The molecule has 1 saturated heterocycles. The Kier molecular flexibility index (Phi) is 13.8. The molecule has 0 aromatic rings. The quantitative estimate of drug-likeness (QED) is 0.450. The van der Waals surface area contributed by atoms with Gasteiger partial charge in [0.2, 0.25) is 7.37 Å². The molecular weight excluding hydrogens is 277 g/mol. The van der Waals surface area contributed by atoms with Crippen molar-refractivity contribution in [2.75, 3.05) is 17.5 Å². The Bertz CT molecular complexity index is 221. The molecule has 3 nitrogen and oxygen atoms in total. The molecule has 0 unspecified atom stereocenters. The normalized spacial score (nSPS) is 16.4. The van der Waals surface area contributed by atoms with Crippen LogP contribution in [0.1, 0.15) is 71.1 Å². The van der Waals surface area contributed by atoms with Gasteiger partial charge in [-0.2, -0.15) is 0 Å². The lowest BCUT2D eigenvalue weighted by atomic mass is 10.1. The zero-order valence-electron chi connectivity index (χ0n) is 12.5. The van der Waals surface area contributed by atoms with Crippen LogP contribution in [-0.4, -0.2) is 22.4 Å². The number of rotatable bonds is 10. The van der Waals surface area contributed by atoms with Gasteiger partial charge in [-0.05, 0) is 13.0 Å². The zero-order valence-corrected chi connectivity index (χ0v) is 14.2. The summed E-state index contributed by atoms with van der Waals surface area (Å²) in [6, 6.07) is 0. The highest BCUT2D eigenvalue weighted by atomic mass is 32.2. The van der Waals surface area contributed by atoms with E-state index in [1.807, 2.05) is 0 Å². The summed E-state index contributed by atoms with van der Waals surface area (Å²) < 4.78 is 10.2. The molecule has 5 heteroatoms. The maximum atomic E-state index is 10.2. The van der Waals surface area contributed by atoms with Gasteiger partial charge >= 0.3 is 0 Å². The fraction of sp³-hybridized carbons (Fsp3) is 1.00. The van der Waals surface area contributed by atoms with E-state index >= 15 is 0 Å². The summed E-state index contributed by atoms with van der Waals surface area (Å²) in [5.41, 5.74) is 6.38. The summed E-state index contributed by atoms with van der Waals surface area (Å²) >= 11 is 1.53. The minimum Gasteiger partial charge on any atom is -0.343 e. The van der Waals surface area contributed by atoms with Crippen molar-refractivity contribution >= 4 is 19.1 Å². The van der Waals surface area contributed by atoms with Crippen LogP contribution in [-0.2, 0) is 4.57 Å². The molecule has 116 valence electrons. The number of thioether (sulfide) groups is 1. The Morgan fingerprint density at radius 3 is 1.58 bits per heavy atom. The van der Waals surface area contributed by atoms with Gasteiger partial charge in [-0.1, -0.05) is 64.7 Å². The maximum absolute atomic E-state index is 10.2. The Labute approximate surface area is 123 Å². The standard InChI is InChI=1S/C12H27N.C2H5O2PS/c1-2-3-4-5-6-7-8-9-10-11-12-13;3-5(4)1-6-2-5/h2-13H2,1H3;1-2H2,(H,3,4). The third-order valence-corrected chi connectivity index (χ3v) is 7.83. The minimum atomic E-state index is -2.50. The molecule has 1 aliphatic heterocycles. The molecule has 0 amide bonds. The van der Waals surface area contributed by atoms with Gasteiger partial charge in [-0.3, -0.25) is 4.57 Å². The lowest BCUT2D eigenvalue weighted by Gasteiger charge is -2.17. The van der Waals surface area contributed by atoms with E-state index in [1.165, 1.54) is 76.0 Å². The van der Waals surface area contributed by atoms with Crippen molar-refractivity contribution in [2.45, 2.75) is 71.1 Å². The first kappa shape index (κ1) is 19.5. The highest BCUT2D eigenvalue weighted by Crippen LogP contribution is 2.56. The Morgan fingerprint density at radius 2 is 1.32 bits per heavy atom. The maximum Gasteiger partial charge on any atom is 0.219 e. The summed E-state index contributed by atoms with van der Waals surface area (Å²) in [5, 5.41) is 0. The number of hydrogen-bond acceptors (Lipinski definition) is 3. The molecule has 0 atom stereocenters. The smallest absolute Gasteiger partial charge is 0.219 e. The van der Waals surface area contributed by atoms with Gasteiger partial charge in [0.15, 0.2) is 0 Å². The van der Waals surface area contributed by atoms with Crippen LogP contribution in [0, 0.1) is 0 Å². The first-order chi connectivity index (χ1) is 9.12. The fourth-order valence-electron chi connectivity index (χ4n) is 1.88. The number of nitrogens with two attached hydrogens (primary N) is 1. The molecule has 1 rings (SSSR count). The van der Waals surface area contributed by atoms with Gasteiger partial charge in [0.1, 0.15) is 0 Å². The van der Waals surface area contributed by atoms with Crippen LogP contribution in [0.25, 0.3) is 0 Å². The van der Waals surface area contributed by atoms with Gasteiger partial charge in [-0.25, -0.2) is 0 Å². The molecule has 3 N–H and O–H groups in total. The minimum absolute atomic E-state index is 0.479. The first-order valence-electron chi connectivity index (χ1n) is 7.71. The predicted molar refractivity (Wildman–Crippen MR) is 88.0 cm³/mol. The summed E-state index contributed by atoms with van der Waals surface area (Å²) in [4.78, 5) is 8.45. The topological polar surface area (TPSA) is 63.3 Å². The second-order valence-electron chi connectivity index (χ2n) is 5.28. The van der Waals surface area contributed by atoms with Gasteiger partial charge in [-0.15, -0.1) is 11.8 Å². The van der Waals surface area contributed by atoms with Gasteiger partial charge in [0.05, 0.1) is 11.0 Å². The monoisotopic (exact) mass is 309 g/mol. The highest BCUT2D eigenvalue weighted by Gasteiger charge is 2.27. The van der Waals surface area contributed by atoms with Crippen LogP contribution < -0.4 is 5.73 Å². The Hall–Kier alpha value is 0.500. The molecule has 19 heavy (non-hydrogen) atoms. The summed E-state index contributed by atoms with van der Waals surface area (Å²) in [6.45, 7) is 3.14. The van der Waals surface area contributed by atoms with Crippen molar-refractivity contribution in [1.29, 1.82) is 0 Å². The van der Waals surface area contributed by atoms with E-state index in [2.05, 4.69) is 6.92 Å². The van der Waals surface area contributed by atoms with Crippen molar-refractivity contribution in [1.82, 2.24) is 0 Å². The average molecular weight is 309 g/mol. The molecular formula is C14H32NO2PS. The first-order valence-corrected chi connectivity index (χ1v) is 10.9. The van der Waals surface area contributed by atoms with E-state index in [9.17, 15) is 4.57 Å². The van der Waals surface area contributed by atoms with Crippen LogP contribution in [0.4, 0.5) is 0 Å². The summed E-state index contributed by atoms with van der Waals surface area (Å²) in [5.74, 6) is 0. The molecule has 0 radical (unpaired) electrons. The highest BCUT2D eigenvalue weighted by molar-refractivity contribution is 8.17. The SMILES string of the molecule is CCCCCCCCCCCCN.O=P1(O)CSC1. The predicted octanol–water partition coefficient (Wildman–Crippen LogP) is 4.78. The van der Waals surface area contributed by atoms with Crippen molar-refractivity contribution in [3.8, 4) is 0 Å². The molecule has 0 aliphatic carbocycles. The molecule has 1 aliphatic rings. The summed E-state index contributed by atoms with van der Waals surface area (Å²) in [6.07, 6.45) is 13.9. The second-order valence-corrected chi connectivity index (χ2v) is 9.45. The molecule has 1 heterocycles. The van der Waals surface area contributed by atoms with Crippen molar-refractivity contribution in [2.24, 2.45) is 5.73 Å². The van der Waals surface area contributed by atoms with Gasteiger partial charge < -0.3 is 10.6 Å². The number of unbranched alkanes of at least 4 members (excludes halogenated alkanes) is 9. The molecule has 1 fully saturated rings. The molecule has 0 aromatic carbocycles. The lowest BCUT2D eigenvalue weighted by molar-refractivity contribution is 0.486. The van der Waals surface area contributed by atoms with Crippen LogP contribution in [0.3, 0.4) is 0 Å². The Morgan fingerprint density at radius 1 is 0.947 bits per heavy atom. The van der Waals surface area contributed by atoms with Crippen LogP contribution in [0.2, 0.25) is 0 Å². The van der Waals surface area contributed by atoms with Crippen molar-refractivity contribution in [3.63, 3.8) is 0 Å². The largest absolute Gasteiger partial charge is 0.343 e. The zero-order chi connectivity index (χ0) is 14.4. The summed E-state index contributed by atoms with van der Waals surface area (Å²) in [7, 11) is -2.50. The lowest BCUT2D eigenvalue weighted by Crippen LogP contribution is -1.98. The van der Waals surface area contributed by atoms with E-state index in [-0.39, 0.29) is 0 Å². The van der Waals surface area contributed by atoms with Gasteiger partial charge in [0, 0.05) is 0 Å². The van der Waals surface area contributed by atoms with Gasteiger partial charge in [0.25, 0.3) is 0 Å². The second kappa shape index (κ2) is 13.5. The Balaban J connectivity index is 0.000000443. The molecule has 0 saturated carbocycles. The average Bonchev–Trinajstić information content (AvgIpc) is 2.36. The number of hydrogen-bond donors (Lipinski definition) is 2. The van der Waals surface area contributed by atoms with Crippen molar-refractivity contribution in [3.05, 3.63) is 0 Å². The van der Waals surface area contributed by atoms with E-state index in [4.69, 9.17) is 10.6 Å². The van der Waals surface area contributed by atoms with E-state index < -0.39 is 7.37 Å². The third-order valence-electron chi connectivity index (χ3n) is 3.14. The van der Waals surface area contributed by atoms with Crippen LogP contribution in [0.15, 0.2) is 0 Å². The molecule has 0 bridgehead atoms. The van der Waals surface area contributed by atoms with E-state index in [0.29, 0.717) is 11.0 Å². The molecule has 0 spiro atoms. The van der Waals surface area contributed by atoms with E-state index in [1.54, 1.807) is 0 Å². The van der Waals surface area contributed by atoms with Crippen molar-refractivity contribution < 1.29 is 9.46 Å². The van der Waals surface area contributed by atoms with Crippen LogP contribution in [0.5, 0.6) is 0 Å². The van der Waals surface area contributed by atoms with Crippen LogP contribution >= 0.6 is 19.1 Å². The van der Waals surface area contributed by atoms with E-state index in [0.717, 1.165) is 6.54 Å². The fourth-order valence-corrected chi connectivity index (χ4v) is 3.86. The third kappa shape index (κ3) is 14.7.